The summed E-state index contributed by atoms with van der Waals surface area (Å²) >= 11 is 0.432. The molecule has 0 aliphatic rings. The molecule has 0 aromatic heterocycles. The smallest absolute Gasteiger partial charge is 0.124 e. The van der Waals surface area contributed by atoms with Gasteiger partial charge < -0.3 is 9.41 Å². The molecule has 0 atom stereocenters. The molecule has 0 aliphatic heterocycles. The Morgan fingerprint density at radius 3 is 0.786 bits per heavy atom. The lowest BCUT2D eigenvalue weighted by Crippen LogP contribution is -3.00. The fourth-order valence-electron chi connectivity index (χ4n) is 0.408. The van der Waals surface area contributed by atoms with Gasteiger partial charge in [-0.2, -0.15) is 10.3 Å². The average Bonchev–Trinajstić information content (AvgIpc) is 2.16. The van der Waals surface area contributed by atoms with E-state index in [0.717, 1.165) is 23.0 Å². The van der Waals surface area contributed by atoms with Crippen molar-refractivity contribution >= 4 is 22.2 Å². The first-order chi connectivity index (χ1) is 5.62. The van der Waals surface area contributed by atoms with Crippen molar-refractivity contribution in [2.75, 3.05) is 23.0 Å². The third kappa shape index (κ3) is 22.9. The zero-order valence-electron chi connectivity index (χ0n) is 9.56. The molecule has 0 spiro atoms. The molecule has 0 radical (unpaired) electrons. The Balaban J connectivity index is -0.0000000625. The van der Waals surface area contributed by atoms with Gasteiger partial charge in [-0.05, 0) is 27.7 Å². The van der Waals surface area contributed by atoms with Crippen LogP contribution in [-0.2, 0) is 22.2 Å². The SMILES string of the molecule is CC[S+](N)CC.CC[S+](N)CC.[F-].[F-]. The molecule has 0 heterocycles. The summed E-state index contributed by atoms with van der Waals surface area (Å²) in [4.78, 5) is 0. The van der Waals surface area contributed by atoms with Crippen LogP contribution in [0, 0.1) is 0 Å². The van der Waals surface area contributed by atoms with Crippen LogP contribution in [0.3, 0.4) is 0 Å². The van der Waals surface area contributed by atoms with Gasteiger partial charge in [0.15, 0.2) is 0 Å². The molecule has 2 nitrogen and oxygen atoms in total. The van der Waals surface area contributed by atoms with E-state index < -0.39 is 0 Å². The molecule has 0 aromatic carbocycles. The van der Waals surface area contributed by atoms with E-state index in [1.165, 1.54) is 0 Å². The Kier molecular flexibility index (Phi) is 32.7. The average molecular weight is 250 g/mol. The van der Waals surface area contributed by atoms with Gasteiger partial charge in [-0.3, -0.25) is 0 Å². The first-order valence-corrected chi connectivity index (χ1v) is 7.71. The third-order valence-corrected chi connectivity index (χ3v) is 4.45. The molecule has 0 amide bonds. The standard InChI is InChI=1S/2C4H12NS.2FH/c2*1-3-6(5)4-2;;/h2*3-5H2,1-2H3;2*1H/q2*+1;;/p-2. The minimum absolute atomic E-state index is 0. The van der Waals surface area contributed by atoms with Gasteiger partial charge in [0.1, 0.15) is 23.0 Å². The predicted molar refractivity (Wildman–Crippen MR) is 65.3 cm³/mol. The van der Waals surface area contributed by atoms with Gasteiger partial charge in [0.2, 0.25) is 0 Å². The first-order valence-electron chi connectivity index (χ1n) is 4.45. The number of hydrogen-bond acceptors (Lipinski definition) is 2. The Labute approximate surface area is 92.9 Å². The largest absolute Gasteiger partial charge is 1.00 e. The molecule has 0 aliphatic carbocycles. The number of halogens is 2. The second-order valence-electron chi connectivity index (χ2n) is 2.23. The Morgan fingerprint density at radius 2 is 0.786 bits per heavy atom. The lowest BCUT2D eigenvalue weighted by molar-refractivity contribution is -0.001000. The highest BCUT2D eigenvalue weighted by Gasteiger charge is 2.00. The van der Waals surface area contributed by atoms with Crippen LogP contribution in [0.1, 0.15) is 27.7 Å². The maximum absolute atomic E-state index is 5.50. The molecule has 0 saturated carbocycles. The molecule has 0 saturated heterocycles. The molecule has 6 heteroatoms. The van der Waals surface area contributed by atoms with Gasteiger partial charge in [0, 0.05) is 0 Å². The molecular formula is C8H24F2N2S2. The maximum atomic E-state index is 5.50. The monoisotopic (exact) mass is 250 g/mol. The Bertz CT molecular complexity index is 71.7. The van der Waals surface area contributed by atoms with E-state index in [2.05, 4.69) is 27.7 Å². The Hall–Kier alpha value is 0.480. The highest BCUT2D eigenvalue weighted by atomic mass is 32.2. The summed E-state index contributed by atoms with van der Waals surface area (Å²) in [5, 5.41) is 11.0. The minimum Gasteiger partial charge on any atom is -1.00 e. The zero-order valence-corrected chi connectivity index (χ0v) is 11.2. The number of hydrogen-bond donors (Lipinski definition) is 2. The molecule has 0 rings (SSSR count). The Morgan fingerprint density at radius 1 is 0.643 bits per heavy atom. The van der Waals surface area contributed by atoms with Crippen LogP contribution in [-0.4, -0.2) is 23.0 Å². The molecule has 0 fully saturated rings. The summed E-state index contributed by atoms with van der Waals surface area (Å²) in [6.45, 7) is 8.47. The van der Waals surface area contributed by atoms with Gasteiger partial charge in [-0.25, -0.2) is 0 Å². The van der Waals surface area contributed by atoms with E-state index >= 15 is 0 Å². The van der Waals surface area contributed by atoms with Crippen molar-refractivity contribution in [3.05, 3.63) is 0 Å². The quantitative estimate of drug-likeness (QED) is 0.491. The second kappa shape index (κ2) is 19.1. The van der Waals surface area contributed by atoms with Crippen LogP contribution in [0.2, 0.25) is 0 Å². The molecule has 0 bridgehead atoms. The summed E-state index contributed by atoms with van der Waals surface area (Å²) in [7, 11) is 0. The van der Waals surface area contributed by atoms with Gasteiger partial charge in [0.05, 0.1) is 22.2 Å². The normalized spacial score (nSPS) is 8.57. The second-order valence-corrected chi connectivity index (χ2v) is 6.69. The molecule has 14 heavy (non-hydrogen) atoms. The summed E-state index contributed by atoms with van der Waals surface area (Å²) in [6, 6.07) is 0. The van der Waals surface area contributed by atoms with E-state index in [0.29, 0.717) is 0 Å². The van der Waals surface area contributed by atoms with Crippen molar-refractivity contribution in [1.82, 2.24) is 0 Å². The van der Waals surface area contributed by atoms with E-state index in [1.54, 1.807) is 0 Å². The van der Waals surface area contributed by atoms with E-state index in [4.69, 9.17) is 10.3 Å². The first kappa shape index (κ1) is 24.0. The highest BCUT2D eigenvalue weighted by Crippen LogP contribution is 1.80. The van der Waals surface area contributed by atoms with Crippen LogP contribution < -0.4 is 19.7 Å². The topological polar surface area (TPSA) is 52.0 Å². The van der Waals surface area contributed by atoms with Gasteiger partial charge >= 0.3 is 0 Å². The summed E-state index contributed by atoms with van der Waals surface area (Å²) in [5.74, 6) is 4.54. The summed E-state index contributed by atoms with van der Waals surface area (Å²) < 4.78 is 0. The van der Waals surface area contributed by atoms with Crippen molar-refractivity contribution in [3.8, 4) is 0 Å². The molecule has 92 valence electrons. The van der Waals surface area contributed by atoms with Crippen molar-refractivity contribution in [1.29, 1.82) is 0 Å². The predicted octanol–water partition coefficient (Wildman–Crippen LogP) is -4.96. The lowest BCUT2D eigenvalue weighted by atomic mass is 11.0. The van der Waals surface area contributed by atoms with Crippen LogP contribution in [0.25, 0.3) is 0 Å². The molecule has 0 aromatic rings. The third-order valence-electron chi connectivity index (χ3n) is 1.48. The lowest BCUT2D eigenvalue weighted by Gasteiger charge is -1.88. The van der Waals surface area contributed by atoms with Crippen molar-refractivity contribution in [2.24, 2.45) is 10.3 Å². The minimum atomic E-state index is 0. The molecule has 0 unspecified atom stereocenters. The van der Waals surface area contributed by atoms with Crippen LogP contribution in [0.4, 0.5) is 0 Å². The molecular weight excluding hydrogens is 226 g/mol. The van der Waals surface area contributed by atoms with Crippen LogP contribution in [0.15, 0.2) is 0 Å². The highest BCUT2D eigenvalue weighted by molar-refractivity contribution is 7.94. The van der Waals surface area contributed by atoms with Gasteiger partial charge in [-0.15, -0.1) is 0 Å². The fourth-order valence-corrected chi connectivity index (χ4v) is 1.22. The van der Waals surface area contributed by atoms with E-state index in [9.17, 15) is 0 Å². The van der Waals surface area contributed by atoms with Crippen molar-refractivity contribution in [2.45, 2.75) is 27.7 Å². The maximum Gasteiger partial charge on any atom is 0.124 e. The molecule has 4 N–H and O–H groups in total. The van der Waals surface area contributed by atoms with Crippen LogP contribution >= 0.6 is 0 Å². The van der Waals surface area contributed by atoms with E-state index in [-0.39, 0.29) is 31.6 Å². The van der Waals surface area contributed by atoms with Gasteiger partial charge in [-0.1, -0.05) is 0 Å². The zero-order chi connectivity index (χ0) is 9.98. The van der Waals surface area contributed by atoms with Gasteiger partial charge in [0.25, 0.3) is 0 Å². The fraction of sp³-hybridized carbons (Fsp3) is 1.00. The summed E-state index contributed by atoms with van der Waals surface area (Å²) in [5.41, 5.74) is 0. The van der Waals surface area contributed by atoms with Crippen molar-refractivity contribution in [3.63, 3.8) is 0 Å². The summed E-state index contributed by atoms with van der Waals surface area (Å²) in [6.07, 6.45) is 0. The number of nitrogens with two attached hydrogens (primary N) is 2. The van der Waals surface area contributed by atoms with Crippen LogP contribution in [0.5, 0.6) is 0 Å². The van der Waals surface area contributed by atoms with E-state index in [1.807, 2.05) is 0 Å². The number of rotatable bonds is 4. The van der Waals surface area contributed by atoms with Crippen molar-refractivity contribution < 1.29 is 9.41 Å².